The molecule has 0 aromatic rings. The van der Waals surface area contributed by atoms with Gasteiger partial charge in [-0.05, 0) is 64.2 Å². The molecule has 0 aliphatic carbocycles. The van der Waals surface area contributed by atoms with Gasteiger partial charge in [-0.2, -0.15) is 0 Å². The van der Waals surface area contributed by atoms with Crippen molar-refractivity contribution in [1.29, 1.82) is 0 Å². The average molecular weight is 765 g/mol. The first kappa shape index (κ1) is 51.2. The first-order chi connectivity index (χ1) is 25.9. The van der Waals surface area contributed by atoms with Gasteiger partial charge in [-0.25, -0.2) is 4.57 Å². The maximum absolute atomic E-state index is 12.7. The van der Waals surface area contributed by atoms with Crippen molar-refractivity contribution >= 4 is 13.7 Å². The van der Waals surface area contributed by atoms with Crippen LogP contribution in [0.2, 0.25) is 0 Å². The smallest absolute Gasteiger partial charge is 0.387 e. The number of aliphatic hydroxyl groups excluding tert-OH is 1. The van der Waals surface area contributed by atoms with E-state index in [0.29, 0.717) is 6.42 Å². The van der Waals surface area contributed by atoms with Gasteiger partial charge in [-0.15, -0.1) is 0 Å². The number of unbranched alkanes of at least 4 members (excludes halogenated alkanes) is 19. The number of carbonyl (C=O) groups excluding carboxylic acids is 1. The van der Waals surface area contributed by atoms with E-state index in [4.69, 9.17) is 14.8 Å². The quantitative estimate of drug-likeness (QED) is 0.0278. The van der Waals surface area contributed by atoms with Crippen LogP contribution >= 0.6 is 7.82 Å². The first-order valence-electron chi connectivity index (χ1n) is 21.4. The molecular weight excluding hydrogens is 683 g/mol. The summed E-state index contributed by atoms with van der Waals surface area (Å²) >= 11 is 0. The Morgan fingerprint density at radius 2 is 1.11 bits per heavy atom. The molecule has 0 aliphatic rings. The van der Waals surface area contributed by atoms with Gasteiger partial charge in [0.25, 0.3) is 0 Å². The van der Waals surface area contributed by atoms with Crippen LogP contribution in [-0.2, 0) is 18.4 Å². The van der Waals surface area contributed by atoms with E-state index in [-0.39, 0.29) is 25.7 Å². The minimum Gasteiger partial charge on any atom is -0.387 e. The van der Waals surface area contributed by atoms with Crippen LogP contribution in [0.3, 0.4) is 0 Å². The highest BCUT2D eigenvalue weighted by atomic mass is 31.2. The van der Waals surface area contributed by atoms with E-state index in [0.717, 1.165) is 77.0 Å². The summed E-state index contributed by atoms with van der Waals surface area (Å²) in [5, 5.41) is 13.6. The molecule has 3 unspecified atom stereocenters. The van der Waals surface area contributed by atoms with E-state index in [9.17, 15) is 19.4 Å². The number of nitrogens with one attached hydrogen (secondary N) is 1. The number of aliphatic hydroxyl groups is 1. The second-order valence-corrected chi connectivity index (χ2v) is 15.6. The second kappa shape index (κ2) is 39.9. The lowest BCUT2D eigenvalue weighted by atomic mass is 10.0. The van der Waals surface area contributed by atoms with Crippen LogP contribution in [0.25, 0.3) is 0 Å². The van der Waals surface area contributed by atoms with Crippen molar-refractivity contribution in [2.24, 2.45) is 5.73 Å². The molecule has 0 aromatic carbocycles. The van der Waals surface area contributed by atoms with E-state index in [1.165, 1.54) is 83.5 Å². The van der Waals surface area contributed by atoms with Gasteiger partial charge >= 0.3 is 7.82 Å². The van der Waals surface area contributed by atoms with E-state index >= 15 is 0 Å². The highest BCUT2D eigenvalue weighted by molar-refractivity contribution is 7.47. The van der Waals surface area contributed by atoms with Crippen LogP contribution in [0, 0.1) is 0 Å². The van der Waals surface area contributed by atoms with E-state index in [1.807, 2.05) is 6.08 Å². The van der Waals surface area contributed by atoms with Gasteiger partial charge in [0.1, 0.15) is 0 Å². The average Bonchev–Trinajstić information content (AvgIpc) is 3.14. The number of carbonyl (C=O) groups is 1. The molecule has 0 aliphatic heterocycles. The molecule has 0 heterocycles. The number of amides is 1. The fourth-order valence-electron chi connectivity index (χ4n) is 5.87. The fourth-order valence-corrected chi connectivity index (χ4v) is 6.63. The summed E-state index contributed by atoms with van der Waals surface area (Å²) in [4.78, 5) is 22.7. The fraction of sp³-hybridized carbons (Fsp3) is 0.750. The highest BCUT2D eigenvalue weighted by Gasteiger charge is 2.26. The van der Waals surface area contributed by atoms with Gasteiger partial charge in [0, 0.05) is 13.0 Å². The third-order valence-electron chi connectivity index (χ3n) is 9.08. The molecule has 9 heteroatoms. The van der Waals surface area contributed by atoms with E-state index in [2.05, 4.69) is 67.8 Å². The molecule has 0 saturated carbocycles. The predicted octanol–water partition coefficient (Wildman–Crippen LogP) is 11.9. The van der Waals surface area contributed by atoms with Crippen LogP contribution in [0.15, 0.2) is 60.8 Å². The number of nitrogens with two attached hydrogens (primary N) is 1. The molecule has 5 N–H and O–H groups in total. The molecule has 3 atom stereocenters. The molecule has 0 bridgehead atoms. The third kappa shape index (κ3) is 38.3. The summed E-state index contributed by atoms with van der Waals surface area (Å²) in [5.41, 5.74) is 5.37. The molecule has 0 saturated heterocycles. The minimum absolute atomic E-state index is 0.0685. The zero-order valence-corrected chi connectivity index (χ0v) is 34.9. The van der Waals surface area contributed by atoms with Crippen LogP contribution in [0.4, 0.5) is 0 Å². The summed E-state index contributed by atoms with van der Waals surface area (Å²) in [6, 6.07) is -0.888. The number of hydrogen-bond donors (Lipinski definition) is 4. The van der Waals surface area contributed by atoms with E-state index in [1.54, 1.807) is 6.08 Å². The zero-order chi connectivity index (χ0) is 38.9. The van der Waals surface area contributed by atoms with E-state index < -0.39 is 20.0 Å². The topological polar surface area (TPSA) is 131 Å². The Bertz CT molecular complexity index is 1010. The molecule has 53 heavy (non-hydrogen) atoms. The lowest BCUT2D eigenvalue weighted by Gasteiger charge is -2.23. The van der Waals surface area contributed by atoms with Crippen molar-refractivity contribution in [3.63, 3.8) is 0 Å². The molecule has 0 spiro atoms. The molecule has 0 fully saturated rings. The first-order valence-corrected chi connectivity index (χ1v) is 22.9. The molecular formula is C44H81N2O6P. The highest BCUT2D eigenvalue weighted by Crippen LogP contribution is 2.43. The normalized spacial score (nSPS) is 14.7. The Hall–Kier alpha value is -1.80. The van der Waals surface area contributed by atoms with Crippen molar-refractivity contribution in [2.75, 3.05) is 19.8 Å². The van der Waals surface area contributed by atoms with Crippen LogP contribution in [0.5, 0.6) is 0 Å². The maximum atomic E-state index is 12.7. The monoisotopic (exact) mass is 765 g/mol. The largest absolute Gasteiger partial charge is 0.472 e. The van der Waals surface area contributed by atoms with Crippen LogP contribution in [0.1, 0.15) is 181 Å². The summed E-state index contributed by atoms with van der Waals surface area (Å²) in [6.07, 6.45) is 49.9. The summed E-state index contributed by atoms with van der Waals surface area (Å²) in [7, 11) is -4.35. The summed E-state index contributed by atoms with van der Waals surface area (Å²) in [6.45, 7) is 3.98. The van der Waals surface area contributed by atoms with Gasteiger partial charge < -0.3 is 21.1 Å². The molecule has 1 amide bonds. The Morgan fingerprint density at radius 3 is 1.68 bits per heavy atom. The maximum Gasteiger partial charge on any atom is 0.472 e. The SMILES string of the molecule is CC/C=C\C/C=C\C/C=C\CCCCCCCC(=O)NC(COP(=O)(O)OCCN)C(O)/C=C/CC/C=C/CCCCCCCCCCCCCCC. The van der Waals surface area contributed by atoms with Gasteiger partial charge in [-0.3, -0.25) is 13.8 Å². The van der Waals surface area contributed by atoms with Gasteiger partial charge in [-0.1, -0.05) is 171 Å². The minimum atomic E-state index is -4.35. The van der Waals surface area contributed by atoms with Crippen molar-refractivity contribution < 1.29 is 28.4 Å². The molecule has 0 radical (unpaired) electrons. The van der Waals surface area contributed by atoms with Crippen LogP contribution in [-0.4, -0.2) is 47.8 Å². The Labute approximate surface area is 325 Å². The van der Waals surface area contributed by atoms with Gasteiger partial charge in [0.05, 0.1) is 25.4 Å². The third-order valence-corrected chi connectivity index (χ3v) is 10.1. The summed E-state index contributed by atoms with van der Waals surface area (Å²) in [5.74, 6) is -0.223. The van der Waals surface area contributed by atoms with Crippen molar-refractivity contribution in [3.05, 3.63) is 60.8 Å². The van der Waals surface area contributed by atoms with Crippen molar-refractivity contribution in [3.8, 4) is 0 Å². The second-order valence-electron chi connectivity index (χ2n) is 14.2. The van der Waals surface area contributed by atoms with Gasteiger partial charge in [0.15, 0.2) is 0 Å². The number of allylic oxidation sites excluding steroid dienone is 9. The number of hydrogen-bond acceptors (Lipinski definition) is 6. The Kier molecular flexibility index (Phi) is 38.5. The van der Waals surface area contributed by atoms with Crippen molar-refractivity contribution in [1.82, 2.24) is 5.32 Å². The number of phosphoric acid groups is 1. The number of phosphoric ester groups is 1. The Morgan fingerprint density at radius 1 is 0.642 bits per heavy atom. The predicted molar refractivity (Wildman–Crippen MR) is 226 cm³/mol. The molecule has 0 aromatic heterocycles. The zero-order valence-electron chi connectivity index (χ0n) is 34.0. The Balaban J connectivity index is 4.31. The lowest BCUT2D eigenvalue weighted by Crippen LogP contribution is -2.45. The summed E-state index contributed by atoms with van der Waals surface area (Å²) < 4.78 is 22.1. The van der Waals surface area contributed by atoms with Gasteiger partial charge in [0.2, 0.25) is 5.91 Å². The standard InChI is InChI=1S/C44H81N2O6P/c1-3-5-7-9-11-13-15-17-19-20-21-22-24-25-27-29-31-33-35-37-43(47)42(41-52-53(49,50)51-40-39-45)46-44(48)38-36-34-32-30-28-26-23-18-16-14-12-10-8-6-4-2/h6,8,12,14,18,23,27,29,35,37,42-43,47H,3-5,7,9-11,13,15-17,19-22,24-26,28,30-34,36,38-41,45H2,1-2H3,(H,46,48)(H,49,50)/b8-6-,14-12-,23-18-,29-27+,37-35+. The molecule has 308 valence electrons. The van der Waals surface area contributed by atoms with Crippen LogP contribution < -0.4 is 11.1 Å². The molecule has 0 rings (SSSR count). The number of rotatable bonds is 39. The van der Waals surface area contributed by atoms with Crippen molar-refractivity contribution in [2.45, 2.75) is 193 Å². The molecule has 8 nitrogen and oxygen atoms in total. The lowest BCUT2D eigenvalue weighted by molar-refractivity contribution is -0.123.